The minimum absolute atomic E-state index is 0.0396. The predicted octanol–water partition coefficient (Wildman–Crippen LogP) is 1.46. The van der Waals surface area contributed by atoms with E-state index in [4.69, 9.17) is 21.4 Å². The van der Waals surface area contributed by atoms with E-state index in [0.29, 0.717) is 22.1 Å². The molecule has 2 unspecified atom stereocenters. The van der Waals surface area contributed by atoms with Crippen LogP contribution in [0.1, 0.15) is 24.9 Å². The number of aliphatic hydroxyl groups excluding tert-OH is 1. The number of hydrogen-bond acceptors (Lipinski definition) is 5. The second-order valence-electron chi connectivity index (χ2n) is 4.36. The molecule has 0 radical (unpaired) electrons. The number of fused-ring (bicyclic) bond motifs is 1. The van der Waals surface area contributed by atoms with E-state index in [1.54, 1.807) is 13.3 Å². The highest BCUT2D eigenvalue weighted by Gasteiger charge is 2.27. The number of hydrogen-bond donors (Lipinski definition) is 1. The summed E-state index contributed by atoms with van der Waals surface area (Å²) in [4.78, 5) is 12.6. The van der Waals surface area contributed by atoms with Crippen molar-refractivity contribution in [3.05, 3.63) is 17.3 Å². The van der Waals surface area contributed by atoms with Crippen molar-refractivity contribution >= 4 is 22.8 Å². The lowest BCUT2D eigenvalue weighted by molar-refractivity contribution is -0.0207. The van der Waals surface area contributed by atoms with Gasteiger partial charge in [0.05, 0.1) is 19.0 Å². The highest BCUT2D eigenvalue weighted by atomic mass is 35.5. The average Bonchev–Trinajstić information content (AvgIpc) is 2.93. The number of imidazole rings is 1. The van der Waals surface area contributed by atoms with Gasteiger partial charge in [-0.05, 0) is 19.8 Å². The van der Waals surface area contributed by atoms with Gasteiger partial charge in [0, 0.05) is 0 Å². The number of nitrogens with zero attached hydrogens (tertiary/aromatic N) is 4. The smallest absolute Gasteiger partial charge is 0.167 e. The lowest BCUT2D eigenvalue weighted by atomic mass is 10.2. The third-order valence-corrected chi connectivity index (χ3v) is 3.35. The van der Waals surface area contributed by atoms with Crippen LogP contribution in [-0.2, 0) is 4.74 Å². The average molecular weight is 269 g/mol. The van der Waals surface area contributed by atoms with E-state index in [9.17, 15) is 0 Å². The first-order valence-electron chi connectivity index (χ1n) is 5.82. The summed E-state index contributed by atoms with van der Waals surface area (Å²) in [5.41, 5.74) is 1.26. The van der Waals surface area contributed by atoms with Gasteiger partial charge in [0.1, 0.15) is 17.6 Å². The molecule has 1 aliphatic heterocycles. The number of rotatable bonds is 2. The van der Waals surface area contributed by atoms with E-state index in [-0.39, 0.29) is 18.9 Å². The van der Waals surface area contributed by atoms with Crippen molar-refractivity contribution in [3.8, 4) is 0 Å². The van der Waals surface area contributed by atoms with Crippen LogP contribution in [-0.4, -0.2) is 37.3 Å². The quantitative estimate of drug-likeness (QED) is 0.835. The Kier molecular flexibility index (Phi) is 2.93. The summed E-state index contributed by atoms with van der Waals surface area (Å²) in [6, 6.07) is 0. The van der Waals surface area contributed by atoms with Gasteiger partial charge >= 0.3 is 0 Å². The van der Waals surface area contributed by atoms with Crippen LogP contribution in [0.25, 0.3) is 11.2 Å². The maximum atomic E-state index is 9.09. The van der Waals surface area contributed by atoms with Crippen LogP contribution in [0.3, 0.4) is 0 Å². The second-order valence-corrected chi connectivity index (χ2v) is 4.72. The Morgan fingerprint density at radius 3 is 3.06 bits per heavy atom. The first kappa shape index (κ1) is 11.8. The van der Waals surface area contributed by atoms with Crippen molar-refractivity contribution in [1.29, 1.82) is 0 Å². The lowest BCUT2D eigenvalue weighted by Gasteiger charge is -2.13. The number of aliphatic hydroxyl groups is 1. The molecule has 1 fully saturated rings. The Morgan fingerprint density at radius 1 is 1.50 bits per heavy atom. The fourth-order valence-electron chi connectivity index (χ4n) is 2.22. The minimum atomic E-state index is -0.141. The zero-order chi connectivity index (χ0) is 12.7. The van der Waals surface area contributed by atoms with Crippen molar-refractivity contribution in [2.45, 2.75) is 32.1 Å². The zero-order valence-corrected chi connectivity index (χ0v) is 10.6. The maximum Gasteiger partial charge on any atom is 0.167 e. The SMILES string of the molecule is Cc1nc(Cl)c2ncn(C3CCC(CO)O3)c2n1. The number of aryl methyl sites for hydroxylation is 1. The standard InChI is InChI=1S/C11H13ClN4O2/c1-6-14-10(12)9-11(15-6)16(5-13-9)8-3-2-7(4-17)18-8/h5,7-8,17H,2-4H2,1H3. The normalized spacial score (nSPS) is 23.9. The zero-order valence-electron chi connectivity index (χ0n) is 9.88. The van der Waals surface area contributed by atoms with E-state index in [1.165, 1.54) is 0 Å². The second kappa shape index (κ2) is 4.46. The van der Waals surface area contributed by atoms with E-state index in [2.05, 4.69) is 15.0 Å². The molecule has 0 aliphatic carbocycles. The summed E-state index contributed by atoms with van der Waals surface area (Å²) in [5, 5.41) is 9.44. The molecule has 0 spiro atoms. The summed E-state index contributed by atoms with van der Waals surface area (Å²) in [7, 11) is 0. The highest BCUT2D eigenvalue weighted by Crippen LogP contribution is 2.31. The van der Waals surface area contributed by atoms with Gasteiger partial charge < -0.3 is 9.84 Å². The van der Waals surface area contributed by atoms with E-state index >= 15 is 0 Å². The van der Waals surface area contributed by atoms with Crippen molar-refractivity contribution in [1.82, 2.24) is 19.5 Å². The number of ether oxygens (including phenoxy) is 1. The predicted molar refractivity (Wildman–Crippen MR) is 65.3 cm³/mol. The van der Waals surface area contributed by atoms with Gasteiger partial charge in [-0.2, -0.15) is 0 Å². The van der Waals surface area contributed by atoms with Crippen LogP contribution >= 0.6 is 11.6 Å². The van der Waals surface area contributed by atoms with Crippen LogP contribution in [0, 0.1) is 6.92 Å². The van der Waals surface area contributed by atoms with Gasteiger partial charge in [-0.3, -0.25) is 4.57 Å². The Morgan fingerprint density at radius 2 is 2.33 bits per heavy atom. The van der Waals surface area contributed by atoms with Crippen molar-refractivity contribution in [2.75, 3.05) is 6.61 Å². The lowest BCUT2D eigenvalue weighted by Crippen LogP contribution is -2.14. The van der Waals surface area contributed by atoms with Gasteiger partial charge in [0.25, 0.3) is 0 Å². The third-order valence-electron chi connectivity index (χ3n) is 3.09. The molecule has 1 saturated heterocycles. The molecular weight excluding hydrogens is 256 g/mol. The molecule has 1 N–H and O–H groups in total. The van der Waals surface area contributed by atoms with Crippen molar-refractivity contribution in [3.63, 3.8) is 0 Å². The summed E-state index contributed by atoms with van der Waals surface area (Å²) >= 11 is 6.03. The van der Waals surface area contributed by atoms with E-state index in [1.807, 2.05) is 4.57 Å². The minimum Gasteiger partial charge on any atom is -0.394 e. The van der Waals surface area contributed by atoms with Crippen LogP contribution < -0.4 is 0 Å². The Balaban J connectivity index is 2.03. The van der Waals surface area contributed by atoms with Gasteiger partial charge in [-0.1, -0.05) is 11.6 Å². The molecule has 0 bridgehead atoms. The summed E-state index contributed by atoms with van der Waals surface area (Å²) < 4.78 is 7.57. The topological polar surface area (TPSA) is 73.1 Å². The molecular formula is C11H13ClN4O2. The molecule has 0 aromatic carbocycles. The Hall–Kier alpha value is -1.24. The monoisotopic (exact) mass is 268 g/mol. The summed E-state index contributed by atoms with van der Waals surface area (Å²) in [6.45, 7) is 1.83. The first-order valence-corrected chi connectivity index (χ1v) is 6.20. The largest absolute Gasteiger partial charge is 0.394 e. The number of aromatic nitrogens is 4. The van der Waals surface area contributed by atoms with E-state index in [0.717, 1.165) is 12.8 Å². The van der Waals surface area contributed by atoms with Crippen LogP contribution in [0.15, 0.2) is 6.33 Å². The van der Waals surface area contributed by atoms with Crippen LogP contribution in [0.4, 0.5) is 0 Å². The maximum absolute atomic E-state index is 9.09. The molecule has 7 heteroatoms. The van der Waals surface area contributed by atoms with Crippen LogP contribution in [0.2, 0.25) is 5.15 Å². The fourth-order valence-corrected chi connectivity index (χ4v) is 2.48. The van der Waals surface area contributed by atoms with E-state index < -0.39 is 0 Å². The molecule has 3 heterocycles. The Labute approximate surface area is 109 Å². The fraction of sp³-hybridized carbons (Fsp3) is 0.545. The van der Waals surface area contributed by atoms with Crippen LogP contribution in [0.5, 0.6) is 0 Å². The summed E-state index contributed by atoms with van der Waals surface area (Å²) in [5.74, 6) is 0.603. The molecule has 96 valence electrons. The molecule has 0 amide bonds. The first-order chi connectivity index (χ1) is 8.69. The summed E-state index contributed by atoms with van der Waals surface area (Å²) in [6.07, 6.45) is 3.08. The third kappa shape index (κ3) is 1.86. The molecule has 6 nitrogen and oxygen atoms in total. The van der Waals surface area contributed by atoms with Gasteiger partial charge in [-0.25, -0.2) is 15.0 Å². The molecule has 3 rings (SSSR count). The Bertz CT molecular complexity index is 586. The molecule has 2 aromatic heterocycles. The number of halogens is 1. The molecule has 18 heavy (non-hydrogen) atoms. The van der Waals surface area contributed by atoms with Crippen molar-refractivity contribution < 1.29 is 9.84 Å². The van der Waals surface area contributed by atoms with Gasteiger partial charge in [-0.15, -0.1) is 0 Å². The van der Waals surface area contributed by atoms with Gasteiger partial charge in [0.2, 0.25) is 0 Å². The van der Waals surface area contributed by atoms with Gasteiger partial charge in [0.15, 0.2) is 10.8 Å². The highest BCUT2D eigenvalue weighted by molar-refractivity contribution is 6.33. The molecule has 0 saturated carbocycles. The molecule has 2 atom stereocenters. The molecule has 1 aliphatic rings. The van der Waals surface area contributed by atoms with Crippen molar-refractivity contribution in [2.24, 2.45) is 0 Å². The molecule has 2 aromatic rings.